The molecule has 0 unspecified atom stereocenters. The van der Waals surface area contributed by atoms with Gasteiger partial charge in [-0.3, -0.25) is 4.57 Å². The largest absolute Gasteiger partial charge is 0.377 e. The highest BCUT2D eigenvalue weighted by atomic mass is 31.2. The molecule has 1 atom stereocenters. The van der Waals surface area contributed by atoms with Crippen molar-refractivity contribution in [3.63, 3.8) is 0 Å². The maximum atomic E-state index is 10.1. The van der Waals surface area contributed by atoms with Gasteiger partial charge >= 0.3 is 7.60 Å². The van der Waals surface area contributed by atoms with E-state index in [9.17, 15) is 4.57 Å². The lowest BCUT2D eigenvalue weighted by Crippen LogP contribution is -2.01. The summed E-state index contributed by atoms with van der Waals surface area (Å²) in [6.07, 6.45) is 2.42. The summed E-state index contributed by atoms with van der Waals surface area (Å²) in [5.74, 6) is -1.65. The maximum Gasteiger partial charge on any atom is 0.357 e. The molecular weight excluding hydrogens is 143 g/mol. The van der Waals surface area contributed by atoms with E-state index in [4.69, 9.17) is 14.9 Å². The Morgan fingerprint density at radius 3 is 2.11 bits per heavy atom. The predicted molar refractivity (Wildman–Crippen MR) is 32.9 cm³/mol. The van der Waals surface area contributed by atoms with E-state index in [0.29, 0.717) is 0 Å². The van der Waals surface area contributed by atoms with Gasteiger partial charge in [-0.15, -0.1) is 0 Å². The van der Waals surface area contributed by atoms with Crippen molar-refractivity contribution in [1.82, 2.24) is 0 Å². The van der Waals surface area contributed by atoms with Crippen LogP contribution in [0, 0.1) is 0 Å². The Hall–Kier alpha value is -0.150. The van der Waals surface area contributed by atoms with E-state index in [-0.39, 0.29) is 0 Å². The molecule has 0 aliphatic carbocycles. The summed E-state index contributed by atoms with van der Waals surface area (Å²) >= 11 is 0. The summed E-state index contributed by atoms with van der Waals surface area (Å²) in [5.41, 5.74) is 0. The topological polar surface area (TPSA) is 77.8 Å². The molecule has 4 nitrogen and oxygen atoms in total. The lowest BCUT2D eigenvalue weighted by atomic mass is 10.6. The Morgan fingerprint density at radius 2 is 2.00 bits per heavy atom. The first-order chi connectivity index (χ1) is 3.98. The van der Waals surface area contributed by atoms with E-state index >= 15 is 0 Å². The van der Waals surface area contributed by atoms with Crippen LogP contribution in [-0.4, -0.2) is 20.7 Å². The fourth-order valence-corrected chi connectivity index (χ4v) is 0.681. The Morgan fingerprint density at radius 1 is 1.56 bits per heavy atom. The lowest BCUT2D eigenvalue weighted by Gasteiger charge is -2.05. The third kappa shape index (κ3) is 3.43. The minimum Gasteiger partial charge on any atom is -0.377 e. The van der Waals surface area contributed by atoms with E-state index in [2.05, 4.69) is 0 Å². The van der Waals surface area contributed by atoms with Crippen LogP contribution in [0.4, 0.5) is 0 Å². The molecule has 0 amide bonds. The van der Waals surface area contributed by atoms with Gasteiger partial charge in [0, 0.05) is 0 Å². The van der Waals surface area contributed by atoms with Crippen LogP contribution in [0.2, 0.25) is 0 Å². The summed E-state index contributed by atoms with van der Waals surface area (Å²) in [4.78, 5) is 16.5. The normalized spacial score (nSPS) is 16.4. The van der Waals surface area contributed by atoms with Gasteiger partial charge in [-0.25, -0.2) is 0 Å². The lowest BCUT2D eigenvalue weighted by molar-refractivity contribution is 0.238. The molecule has 0 fully saturated rings. The van der Waals surface area contributed by atoms with E-state index in [1.165, 1.54) is 6.08 Å². The Balaban J connectivity index is 4.05. The summed E-state index contributed by atoms with van der Waals surface area (Å²) in [7, 11) is -4.30. The zero-order chi connectivity index (χ0) is 7.49. The second-order valence-electron chi connectivity index (χ2n) is 1.53. The highest BCUT2D eigenvalue weighted by molar-refractivity contribution is 7.52. The molecule has 5 heteroatoms. The second-order valence-corrected chi connectivity index (χ2v) is 3.24. The van der Waals surface area contributed by atoms with Crippen LogP contribution in [0.15, 0.2) is 12.2 Å². The molecule has 0 saturated carbocycles. The van der Waals surface area contributed by atoms with Crippen LogP contribution in [0.5, 0.6) is 0 Å². The number of aliphatic hydroxyl groups excluding tert-OH is 1. The summed E-state index contributed by atoms with van der Waals surface area (Å²) in [6.45, 7) is 1.57. The van der Waals surface area contributed by atoms with E-state index in [1.54, 1.807) is 6.92 Å². The molecule has 9 heavy (non-hydrogen) atoms. The fourth-order valence-electron chi connectivity index (χ4n) is 0.284. The summed E-state index contributed by atoms with van der Waals surface area (Å²) in [5, 5.41) is 8.54. The standard InChI is InChI=1S/C4H9O4P/c1-2-3-4(5)9(6,7)8/h2-5H,1H3,(H2,6,7,8)/b3-2-/t4-/m1/s1. The molecule has 0 radical (unpaired) electrons. The van der Waals surface area contributed by atoms with Crippen molar-refractivity contribution < 1.29 is 19.5 Å². The second kappa shape index (κ2) is 3.13. The summed E-state index contributed by atoms with van der Waals surface area (Å²) < 4.78 is 10.1. The van der Waals surface area contributed by atoms with Gasteiger partial charge in [0.15, 0.2) is 5.85 Å². The fraction of sp³-hybridized carbons (Fsp3) is 0.500. The number of hydrogen-bond donors (Lipinski definition) is 3. The molecule has 0 heterocycles. The summed E-state index contributed by atoms with van der Waals surface area (Å²) in [6, 6.07) is 0. The molecule has 0 aromatic carbocycles. The average Bonchev–Trinajstić information content (AvgIpc) is 1.64. The van der Waals surface area contributed by atoms with Gasteiger partial charge in [0.25, 0.3) is 0 Å². The molecule has 0 aliphatic rings. The van der Waals surface area contributed by atoms with Crippen molar-refractivity contribution in [2.45, 2.75) is 12.8 Å². The highest BCUT2D eigenvalue weighted by Crippen LogP contribution is 2.39. The first-order valence-corrected chi connectivity index (χ1v) is 4.02. The van der Waals surface area contributed by atoms with Crippen LogP contribution in [0.3, 0.4) is 0 Å². The molecule has 0 aliphatic heterocycles. The first-order valence-electron chi connectivity index (χ1n) is 2.34. The predicted octanol–water partition coefficient (Wildman–Crippen LogP) is 0.0586. The third-order valence-corrected chi connectivity index (χ3v) is 1.57. The van der Waals surface area contributed by atoms with Crippen molar-refractivity contribution in [3.8, 4) is 0 Å². The van der Waals surface area contributed by atoms with Crippen molar-refractivity contribution in [2.24, 2.45) is 0 Å². The van der Waals surface area contributed by atoms with Crippen molar-refractivity contribution in [3.05, 3.63) is 12.2 Å². The Bertz CT molecular complexity index is 147. The molecule has 0 bridgehead atoms. The van der Waals surface area contributed by atoms with Gasteiger partial charge in [0.1, 0.15) is 0 Å². The zero-order valence-corrected chi connectivity index (χ0v) is 5.82. The van der Waals surface area contributed by atoms with E-state index in [0.717, 1.165) is 6.08 Å². The van der Waals surface area contributed by atoms with Crippen molar-refractivity contribution >= 4 is 7.60 Å². The minimum atomic E-state index is -4.30. The molecule has 3 N–H and O–H groups in total. The molecular formula is C4H9O4P. The van der Waals surface area contributed by atoms with Crippen LogP contribution in [0.25, 0.3) is 0 Å². The van der Waals surface area contributed by atoms with Crippen LogP contribution in [0.1, 0.15) is 6.92 Å². The number of allylic oxidation sites excluding steroid dienone is 1. The van der Waals surface area contributed by atoms with Gasteiger partial charge in [-0.05, 0) is 13.0 Å². The molecule has 54 valence electrons. The van der Waals surface area contributed by atoms with Crippen LogP contribution in [-0.2, 0) is 4.57 Å². The average molecular weight is 152 g/mol. The van der Waals surface area contributed by atoms with Gasteiger partial charge in [-0.2, -0.15) is 0 Å². The molecule has 0 saturated heterocycles. The van der Waals surface area contributed by atoms with Gasteiger partial charge in [0.05, 0.1) is 0 Å². The SMILES string of the molecule is C/C=C\[C@H](O)P(=O)(O)O. The van der Waals surface area contributed by atoms with Crippen LogP contribution < -0.4 is 0 Å². The molecule has 0 spiro atoms. The number of hydrogen-bond acceptors (Lipinski definition) is 2. The van der Waals surface area contributed by atoms with Crippen LogP contribution >= 0.6 is 7.60 Å². The molecule has 0 aromatic heterocycles. The monoisotopic (exact) mass is 152 g/mol. The first kappa shape index (κ1) is 8.85. The van der Waals surface area contributed by atoms with Gasteiger partial charge in [-0.1, -0.05) is 6.08 Å². The van der Waals surface area contributed by atoms with Crippen molar-refractivity contribution in [1.29, 1.82) is 0 Å². The molecule has 0 rings (SSSR count). The maximum absolute atomic E-state index is 10.1. The van der Waals surface area contributed by atoms with Gasteiger partial charge in [0.2, 0.25) is 0 Å². The zero-order valence-electron chi connectivity index (χ0n) is 4.93. The Labute approximate surface area is 53.0 Å². The highest BCUT2D eigenvalue weighted by Gasteiger charge is 2.22. The van der Waals surface area contributed by atoms with Crippen molar-refractivity contribution in [2.75, 3.05) is 0 Å². The van der Waals surface area contributed by atoms with E-state index < -0.39 is 13.4 Å². The minimum absolute atomic E-state index is 1.04. The van der Waals surface area contributed by atoms with Gasteiger partial charge < -0.3 is 14.9 Å². The number of aliphatic hydroxyl groups is 1. The molecule has 0 aromatic rings. The quantitative estimate of drug-likeness (QED) is 0.386. The smallest absolute Gasteiger partial charge is 0.357 e. The third-order valence-electron chi connectivity index (χ3n) is 0.709. The Kier molecular flexibility index (Phi) is 3.08. The number of rotatable bonds is 2. The van der Waals surface area contributed by atoms with E-state index in [1.807, 2.05) is 0 Å².